The Morgan fingerprint density at radius 3 is 2.42 bits per heavy atom. The van der Waals surface area contributed by atoms with Crippen LogP contribution >= 0.6 is 35.2 Å². The van der Waals surface area contributed by atoms with Crippen molar-refractivity contribution in [3.8, 4) is 0 Å². The maximum absolute atomic E-state index is 12.6. The van der Waals surface area contributed by atoms with Crippen LogP contribution in [-0.4, -0.2) is 109 Å². The molecular weight excluding hydrogens is 931 g/mol. The first-order valence-corrected chi connectivity index (χ1v) is 25.1. The molecule has 1 fully saturated rings. The van der Waals surface area contributed by atoms with Gasteiger partial charge in [-0.2, -0.15) is 0 Å². The molecule has 2 aromatic heterocycles. The molecule has 2 aromatic rings. The van der Waals surface area contributed by atoms with E-state index in [2.05, 4.69) is 50.4 Å². The SMILES string of the molecule is CCCCCC/C=C/C=C\CC(=O)CC(=O)SCCNC(=O)CCNC(=O)[C@H](O)C(C)(C)COP(=O)([O-])OP(=O)([O-])OC[C@H]1O[C@@H](n2cnc3c(N)ncnc32)[C@H](O)[C@@H]1OP(=O)([O-])[O-]. The Kier molecular flexibility index (Phi) is 22.0. The number of allylic oxidation sites excluding steroid dienone is 4. The van der Waals surface area contributed by atoms with E-state index in [0.29, 0.717) is 0 Å². The van der Waals surface area contributed by atoms with Crippen LogP contribution in [0.5, 0.6) is 0 Å². The minimum atomic E-state index is -5.93. The van der Waals surface area contributed by atoms with E-state index in [1.807, 2.05) is 12.2 Å². The zero-order chi connectivity index (χ0) is 47.7. The predicted molar refractivity (Wildman–Crippen MR) is 220 cm³/mol. The van der Waals surface area contributed by atoms with Gasteiger partial charge in [-0.3, -0.25) is 32.9 Å². The highest BCUT2D eigenvalue weighted by atomic mass is 32.2. The number of phosphoric acid groups is 3. The molecular formula is C35H52N7O18P3S-4. The van der Waals surface area contributed by atoms with Crippen LogP contribution in [0.25, 0.3) is 11.2 Å². The first kappa shape index (κ1) is 55.0. The van der Waals surface area contributed by atoms with Gasteiger partial charge in [0.2, 0.25) is 11.8 Å². The molecule has 2 amide bonds. The van der Waals surface area contributed by atoms with Crippen molar-refractivity contribution in [3.05, 3.63) is 37.0 Å². The number of aromatic nitrogens is 4. The third kappa shape index (κ3) is 18.9. The van der Waals surface area contributed by atoms with Crippen LogP contribution in [0.2, 0.25) is 0 Å². The number of rotatable bonds is 29. The van der Waals surface area contributed by atoms with Crippen molar-refractivity contribution in [1.29, 1.82) is 0 Å². The fraction of sp³-hybridized carbons (Fsp3) is 0.629. The molecule has 0 aliphatic carbocycles. The number of anilines is 1. The quantitative estimate of drug-likeness (QED) is 0.0299. The summed E-state index contributed by atoms with van der Waals surface area (Å²) in [6.07, 6.45) is 5.15. The molecule has 29 heteroatoms. The second-order valence-corrected chi connectivity index (χ2v) is 20.0. The van der Waals surface area contributed by atoms with Crippen LogP contribution in [0.4, 0.5) is 5.82 Å². The number of ether oxygens (including phenoxy) is 1. The average Bonchev–Trinajstić information content (AvgIpc) is 3.76. The van der Waals surface area contributed by atoms with Crippen molar-refractivity contribution in [1.82, 2.24) is 30.2 Å². The van der Waals surface area contributed by atoms with E-state index in [0.717, 1.165) is 41.8 Å². The molecule has 1 aliphatic rings. The Labute approximate surface area is 372 Å². The van der Waals surface area contributed by atoms with Gasteiger partial charge < -0.3 is 69.0 Å². The van der Waals surface area contributed by atoms with E-state index in [-0.39, 0.29) is 66.0 Å². The molecule has 64 heavy (non-hydrogen) atoms. The largest absolute Gasteiger partial charge is 0.790 e. The highest BCUT2D eigenvalue weighted by molar-refractivity contribution is 8.13. The van der Waals surface area contributed by atoms with Gasteiger partial charge in [0, 0.05) is 37.1 Å². The number of amides is 2. The molecule has 2 unspecified atom stereocenters. The van der Waals surface area contributed by atoms with E-state index in [1.54, 1.807) is 12.2 Å². The Morgan fingerprint density at radius 2 is 1.72 bits per heavy atom. The van der Waals surface area contributed by atoms with Crippen LogP contribution in [0.1, 0.15) is 78.4 Å². The number of imidazole rings is 1. The molecule has 0 aromatic carbocycles. The van der Waals surface area contributed by atoms with Crippen molar-refractivity contribution in [3.63, 3.8) is 0 Å². The summed E-state index contributed by atoms with van der Waals surface area (Å²) in [6.45, 7) is 2.03. The lowest BCUT2D eigenvalue weighted by molar-refractivity contribution is -0.347. The van der Waals surface area contributed by atoms with Crippen LogP contribution in [0.15, 0.2) is 37.0 Å². The van der Waals surface area contributed by atoms with Crippen LogP contribution < -0.4 is 35.9 Å². The molecule has 0 saturated carbocycles. The third-order valence-corrected chi connectivity index (χ3v) is 12.9. The topological polar surface area (TPSA) is 392 Å². The first-order chi connectivity index (χ1) is 29.9. The number of aliphatic hydroxyl groups excluding tert-OH is 2. The molecule has 0 radical (unpaired) electrons. The fourth-order valence-electron chi connectivity index (χ4n) is 5.70. The number of unbranched alkanes of at least 4 members (excludes halogenated alkanes) is 4. The number of aliphatic hydroxyl groups is 2. The number of fused-ring (bicyclic) bond motifs is 1. The summed E-state index contributed by atoms with van der Waals surface area (Å²) in [7, 11) is -17.7. The molecule has 3 rings (SSSR count). The maximum atomic E-state index is 12.6. The van der Waals surface area contributed by atoms with E-state index in [1.165, 1.54) is 33.1 Å². The highest BCUT2D eigenvalue weighted by Gasteiger charge is 2.47. The first-order valence-electron chi connectivity index (χ1n) is 19.8. The third-order valence-electron chi connectivity index (χ3n) is 9.03. The number of nitrogens with zero attached hydrogens (tertiary/aromatic N) is 4. The summed E-state index contributed by atoms with van der Waals surface area (Å²) in [4.78, 5) is 109. The number of carbonyl (C=O) groups excluding carboxylic acids is 4. The van der Waals surface area contributed by atoms with Gasteiger partial charge in [0.1, 0.15) is 42.0 Å². The van der Waals surface area contributed by atoms with Crippen LogP contribution in [0, 0.1) is 5.41 Å². The lowest BCUT2D eigenvalue weighted by Crippen LogP contribution is -2.46. The van der Waals surface area contributed by atoms with Gasteiger partial charge in [0.15, 0.2) is 22.8 Å². The van der Waals surface area contributed by atoms with Crippen molar-refractivity contribution >= 4 is 74.9 Å². The van der Waals surface area contributed by atoms with Crippen LogP contribution in [0.3, 0.4) is 0 Å². The van der Waals surface area contributed by atoms with Crippen molar-refractivity contribution < 1.29 is 85.3 Å². The number of hydrogen-bond donors (Lipinski definition) is 5. The number of Topliss-reactive ketones (excluding diaryl/α,β-unsaturated/α-hetero) is 1. The number of ketones is 1. The van der Waals surface area contributed by atoms with E-state index < -0.39 is 84.6 Å². The maximum Gasteiger partial charge on any atom is 0.274 e. The predicted octanol–water partition coefficient (Wildman–Crippen LogP) is -0.431. The summed E-state index contributed by atoms with van der Waals surface area (Å²) >= 11 is 0.885. The zero-order valence-electron chi connectivity index (χ0n) is 35.1. The molecule has 25 nitrogen and oxygen atoms in total. The van der Waals surface area contributed by atoms with Gasteiger partial charge in [-0.15, -0.1) is 0 Å². The summed E-state index contributed by atoms with van der Waals surface area (Å²) in [5, 5.41) is 25.9. The van der Waals surface area contributed by atoms with Crippen molar-refractivity contribution in [2.75, 3.05) is 37.8 Å². The number of carbonyl (C=O) groups is 4. The summed E-state index contributed by atoms with van der Waals surface area (Å²) in [6, 6.07) is 0. The van der Waals surface area contributed by atoms with E-state index >= 15 is 0 Å². The Morgan fingerprint density at radius 1 is 1.02 bits per heavy atom. The summed E-state index contributed by atoms with van der Waals surface area (Å²) in [5.41, 5.74) is 4.03. The lowest BCUT2D eigenvalue weighted by atomic mass is 9.87. The highest BCUT2D eigenvalue weighted by Crippen LogP contribution is 2.56. The number of nitrogen functional groups attached to an aromatic ring is 1. The number of phosphoric ester groups is 3. The minimum absolute atomic E-state index is 0.0282. The van der Waals surface area contributed by atoms with Crippen LogP contribution in [-0.2, 0) is 55.5 Å². The van der Waals surface area contributed by atoms with Crippen molar-refractivity contribution in [2.45, 2.75) is 103 Å². The number of nitrogens with two attached hydrogens (primary N) is 1. The zero-order valence-corrected chi connectivity index (χ0v) is 38.6. The smallest absolute Gasteiger partial charge is 0.274 e. The van der Waals surface area contributed by atoms with Gasteiger partial charge in [0.05, 0.1) is 33.8 Å². The molecule has 3 heterocycles. The van der Waals surface area contributed by atoms with Gasteiger partial charge in [-0.1, -0.05) is 76.1 Å². The summed E-state index contributed by atoms with van der Waals surface area (Å²) in [5.74, 6) is -1.69. The van der Waals surface area contributed by atoms with Gasteiger partial charge in [0.25, 0.3) is 15.6 Å². The molecule has 0 bridgehead atoms. The van der Waals surface area contributed by atoms with E-state index in [4.69, 9.17) is 10.5 Å². The fourth-order valence-corrected chi connectivity index (χ4v) is 9.13. The second-order valence-electron chi connectivity index (χ2n) is 14.8. The Balaban J connectivity index is 1.38. The molecule has 6 N–H and O–H groups in total. The number of nitrogens with one attached hydrogen (secondary N) is 2. The summed E-state index contributed by atoms with van der Waals surface area (Å²) < 4.78 is 60.6. The molecule has 0 spiro atoms. The van der Waals surface area contributed by atoms with Crippen molar-refractivity contribution in [2.24, 2.45) is 5.41 Å². The van der Waals surface area contributed by atoms with Gasteiger partial charge in [-0.05, 0) is 12.8 Å². The Bertz CT molecular complexity index is 2100. The normalized spacial score (nSPS) is 20.6. The monoisotopic (exact) mass is 983 g/mol. The number of hydrogen-bond acceptors (Lipinski definition) is 23. The molecule has 360 valence electrons. The Hall–Kier alpha value is -3.29. The minimum Gasteiger partial charge on any atom is -0.790 e. The van der Waals surface area contributed by atoms with E-state index in [9.17, 15) is 62.7 Å². The standard InChI is InChI=1S/C35H56N7O18P3S/c1-4-5-6-7-8-9-10-11-12-13-23(43)18-26(45)64-17-16-37-25(44)14-15-38-33(48)30(47)35(2,3)20-57-63(54,55)60-62(52,53)56-19-24-29(59-61(49,50)51)28(46)34(58-24)42-22-41-27-31(36)39-21-40-32(27)42/h9-12,21-22,24,28-30,34,46-47H,4-8,13-20H2,1-3H3,(H,37,44)(H,38,48)(H,52,53)(H,54,55)(H2,36,39,40)(H2,49,50,51)/p-4/b10-9+,12-11-/t24-,28-,29-,30+,34-/m1/s1. The second kappa shape index (κ2) is 25.6. The van der Waals surface area contributed by atoms with Gasteiger partial charge in [-0.25, -0.2) is 19.3 Å². The molecule has 7 atom stereocenters. The lowest BCUT2D eigenvalue weighted by Gasteiger charge is -2.36. The molecule has 1 aliphatic heterocycles. The average molecular weight is 984 g/mol. The van der Waals surface area contributed by atoms with Gasteiger partial charge >= 0.3 is 0 Å². The number of thioether (sulfide) groups is 1. The molecule has 1 saturated heterocycles.